The summed E-state index contributed by atoms with van der Waals surface area (Å²) in [5, 5.41) is 15.7. The van der Waals surface area contributed by atoms with E-state index in [2.05, 4.69) is 39.3 Å². The number of nitrogens with zero attached hydrogens (tertiary/aromatic N) is 3. The van der Waals surface area contributed by atoms with Crippen molar-refractivity contribution in [1.29, 1.82) is 0 Å². The van der Waals surface area contributed by atoms with E-state index in [-0.39, 0.29) is 18.1 Å². The Morgan fingerprint density at radius 2 is 1.93 bits per heavy atom. The van der Waals surface area contributed by atoms with Crippen molar-refractivity contribution in [3.63, 3.8) is 0 Å². The van der Waals surface area contributed by atoms with E-state index in [0.29, 0.717) is 23.7 Å². The number of hydrogen-bond acceptors (Lipinski definition) is 6. The molecule has 0 aliphatic heterocycles. The second-order valence-electron chi connectivity index (χ2n) is 8.14. The van der Waals surface area contributed by atoms with Crippen LogP contribution in [0.25, 0.3) is 44.5 Å². The summed E-state index contributed by atoms with van der Waals surface area (Å²) in [6.07, 6.45) is 2.87. The van der Waals surface area contributed by atoms with E-state index < -0.39 is 0 Å². The van der Waals surface area contributed by atoms with Crippen LogP contribution in [0, 0.1) is 5.92 Å². The van der Waals surface area contributed by atoms with Crippen LogP contribution in [0.1, 0.15) is 19.8 Å². The smallest absolute Gasteiger partial charge is 0.183 e. The molecule has 3 atom stereocenters. The average Bonchev–Trinajstić information content (AvgIpc) is 3.43. The largest absolute Gasteiger partial charge is 0.455 e. The fourth-order valence-corrected chi connectivity index (χ4v) is 4.54. The number of rotatable bonds is 3. The molecule has 0 unspecified atom stereocenters. The summed E-state index contributed by atoms with van der Waals surface area (Å²) < 4.78 is 6.16. The molecule has 3 aromatic heterocycles. The molecular formula is C23H21N5O2. The second-order valence-corrected chi connectivity index (χ2v) is 8.14. The number of imidazole rings is 1. The quantitative estimate of drug-likeness (QED) is 0.413. The highest BCUT2D eigenvalue weighted by atomic mass is 16.3. The Balaban J connectivity index is 1.45. The molecule has 2 aromatic carbocycles. The van der Waals surface area contributed by atoms with Crippen molar-refractivity contribution in [3.8, 4) is 11.4 Å². The lowest BCUT2D eigenvalue weighted by Gasteiger charge is -2.12. The summed E-state index contributed by atoms with van der Waals surface area (Å²) in [7, 11) is 0. The summed E-state index contributed by atoms with van der Waals surface area (Å²) >= 11 is 0. The standard InChI is InChI=1S/C23H21N5O2/c1-12-9-13(10-17(12)29)26-22-19-23(25-11-24-22)28-21(27-19)16-7-4-6-15-14-5-2-3-8-18(14)30-20(15)16/h2-8,11-13,17,29H,9-10H2,1H3,(H2,24,25,26,27,28)/t12-,13+,17-/m0/s1. The van der Waals surface area contributed by atoms with Crippen LogP contribution in [-0.2, 0) is 0 Å². The van der Waals surface area contributed by atoms with Gasteiger partial charge < -0.3 is 19.8 Å². The number of benzene rings is 2. The Kier molecular flexibility index (Phi) is 3.79. The maximum absolute atomic E-state index is 10.1. The first-order valence-electron chi connectivity index (χ1n) is 10.2. The lowest BCUT2D eigenvalue weighted by molar-refractivity contribution is 0.141. The van der Waals surface area contributed by atoms with Crippen LogP contribution in [0.2, 0.25) is 0 Å². The van der Waals surface area contributed by atoms with E-state index in [1.807, 2.05) is 30.3 Å². The molecular weight excluding hydrogens is 378 g/mol. The topological polar surface area (TPSA) is 99.9 Å². The summed E-state index contributed by atoms with van der Waals surface area (Å²) in [6.45, 7) is 2.07. The van der Waals surface area contributed by atoms with Gasteiger partial charge in [-0.3, -0.25) is 0 Å². The van der Waals surface area contributed by atoms with Crippen molar-refractivity contribution < 1.29 is 9.52 Å². The van der Waals surface area contributed by atoms with Crippen LogP contribution in [0.4, 0.5) is 5.82 Å². The van der Waals surface area contributed by atoms with E-state index >= 15 is 0 Å². The molecule has 1 aliphatic rings. The van der Waals surface area contributed by atoms with Crippen LogP contribution in [0.5, 0.6) is 0 Å². The summed E-state index contributed by atoms with van der Waals surface area (Å²) in [6, 6.07) is 14.3. The molecule has 30 heavy (non-hydrogen) atoms. The van der Waals surface area contributed by atoms with Gasteiger partial charge in [0.25, 0.3) is 0 Å². The predicted molar refractivity (Wildman–Crippen MR) is 116 cm³/mol. The van der Waals surface area contributed by atoms with Gasteiger partial charge in [-0.15, -0.1) is 0 Å². The van der Waals surface area contributed by atoms with Crippen molar-refractivity contribution >= 4 is 38.9 Å². The maximum Gasteiger partial charge on any atom is 0.183 e. The van der Waals surface area contributed by atoms with Crippen LogP contribution in [0.15, 0.2) is 53.2 Å². The number of aromatic nitrogens is 4. The van der Waals surface area contributed by atoms with E-state index in [1.165, 1.54) is 6.33 Å². The summed E-state index contributed by atoms with van der Waals surface area (Å²) in [4.78, 5) is 16.9. The normalized spacial score (nSPS) is 21.7. The lowest BCUT2D eigenvalue weighted by Crippen LogP contribution is -2.17. The zero-order valence-corrected chi connectivity index (χ0v) is 16.5. The molecule has 0 radical (unpaired) electrons. The Bertz CT molecular complexity index is 1380. The molecule has 5 aromatic rings. The van der Waals surface area contributed by atoms with Crippen LogP contribution < -0.4 is 5.32 Å². The monoisotopic (exact) mass is 399 g/mol. The van der Waals surface area contributed by atoms with Gasteiger partial charge in [-0.2, -0.15) is 0 Å². The number of aliphatic hydroxyl groups is 1. The van der Waals surface area contributed by atoms with Gasteiger partial charge in [-0.05, 0) is 30.9 Å². The second kappa shape index (κ2) is 6.53. The van der Waals surface area contributed by atoms with E-state index in [4.69, 9.17) is 9.40 Å². The molecule has 0 amide bonds. The number of anilines is 1. The highest BCUT2D eigenvalue weighted by molar-refractivity contribution is 6.09. The van der Waals surface area contributed by atoms with Gasteiger partial charge in [-0.25, -0.2) is 15.0 Å². The molecule has 0 bridgehead atoms. The van der Waals surface area contributed by atoms with Crippen molar-refractivity contribution in [3.05, 3.63) is 48.8 Å². The van der Waals surface area contributed by atoms with E-state index in [0.717, 1.165) is 39.4 Å². The minimum Gasteiger partial charge on any atom is -0.455 e. The van der Waals surface area contributed by atoms with E-state index in [9.17, 15) is 5.11 Å². The number of nitrogens with one attached hydrogen (secondary N) is 2. The predicted octanol–water partition coefficient (Wildman–Crippen LogP) is 4.49. The molecule has 1 saturated carbocycles. The molecule has 0 saturated heterocycles. The van der Waals surface area contributed by atoms with Gasteiger partial charge in [0.15, 0.2) is 11.5 Å². The molecule has 0 spiro atoms. The van der Waals surface area contributed by atoms with Crippen LogP contribution >= 0.6 is 0 Å². The average molecular weight is 399 g/mol. The Hall–Kier alpha value is -3.45. The zero-order valence-electron chi connectivity index (χ0n) is 16.5. The molecule has 1 aliphatic carbocycles. The number of aliphatic hydroxyl groups excluding tert-OH is 1. The Labute approximate surface area is 172 Å². The van der Waals surface area contributed by atoms with Crippen LogP contribution in [0.3, 0.4) is 0 Å². The van der Waals surface area contributed by atoms with Gasteiger partial charge in [0.2, 0.25) is 0 Å². The first-order valence-corrected chi connectivity index (χ1v) is 10.2. The number of hydrogen-bond donors (Lipinski definition) is 3. The van der Waals surface area contributed by atoms with Crippen molar-refractivity contribution in [2.24, 2.45) is 5.92 Å². The first kappa shape index (κ1) is 17.4. The fourth-order valence-electron chi connectivity index (χ4n) is 4.54. The van der Waals surface area contributed by atoms with Crippen LogP contribution in [-0.4, -0.2) is 37.2 Å². The maximum atomic E-state index is 10.1. The zero-order chi connectivity index (χ0) is 20.2. The van der Waals surface area contributed by atoms with Gasteiger partial charge in [0, 0.05) is 16.8 Å². The number of para-hydroxylation sites is 2. The SMILES string of the molecule is C[C@H]1C[C@@H](Nc2ncnc3nc(-c4cccc5c4oc4ccccc45)[nH]c23)C[C@@H]1O. The highest BCUT2D eigenvalue weighted by Gasteiger charge is 2.30. The minimum absolute atomic E-state index is 0.179. The molecule has 7 nitrogen and oxygen atoms in total. The van der Waals surface area contributed by atoms with Gasteiger partial charge in [-0.1, -0.05) is 37.3 Å². The molecule has 3 N–H and O–H groups in total. The Morgan fingerprint density at radius 3 is 2.80 bits per heavy atom. The fraction of sp³-hybridized carbons (Fsp3) is 0.261. The van der Waals surface area contributed by atoms with Gasteiger partial charge in [0.1, 0.15) is 28.8 Å². The summed E-state index contributed by atoms with van der Waals surface area (Å²) in [5.41, 5.74) is 3.90. The molecule has 1 fully saturated rings. The first-order chi connectivity index (χ1) is 14.7. The third-order valence-electron chi connectivity index (χ3n) is 6.13. The third-order valence-corrected chi connectivity index (χ3v) is 6.13. The number of H-pyrrole nitrogens is 1. The van der Waals surface area contributed by atoms with E-state index in [1.54, 1.807) is 0 Å². The van der Waals surface area contributed by atoms with Crippen molar-refractivity contribution in [2.75, 3.05) is 5.32 Å². The van der Waals surface area contributed by atoms with Gasteiger partial charge in [0.05, 0.1) is 11.7 Å². The number of fused-ring (bicyclic) bond motifs is 4. The van der Waals surface area contributed by atoms with Crippen molar-refractivity contribution in [1.82, 2.24) is 19.9 Å². The number of aromatic amines is 1. The minimum atomic E-state index is -0.275. The number of furan rings is 1. The molecule has 7 heteroatoms. The van der Waals surface area contributed by atoms with Gasteiger partial charge >= 0.3 is 0 Å². The molecule has 3 heterocycles. The lowest BCUT2D eigenvalue weighted by atomic mass is 10.1. The Morgan fingerprint density at radius 1 is 1.07 bits per heavy atom. The highest BCUT2D eigenvalue weighted by Crippen LogP contribution is 2.36. The van der Waals surface area contributed by atoms with Crippen molar-refractivity contribution in [2.45, 2.75) is 31.9 Å². The molecule has 150 valence electrons. The third kappa shape index (κ3) is 2.66. The molecule has 6 rings (SSSR count). The summed E-state index contributed by atoms with van der Waals surface area (Å²) in [5.74, 6) is 1.68.